The Balaban J connectivity index is 2.19. The van der Waals surface area contributed by atoms with Crippen LogP contribution in [0.4, 0.5) is 4.39 Å². The van der Waals surface area contributed by atoms with E-state index in [0.717, 1.165) is 17.8 Å². The summed E-state index contributed by atoms with van der Waals surface area (Å²) in [5.74, 6) is -0.987. The van der Waals surface area contributed by atoms with Gasteiger partial charge < -0.3 is 0 Å². The van der Waals surface area contributed by atoms with Crippen LogP contribution in [0.25, 0.3) is 5.69 Å². The molecular formula is C19H15BrClFN2O. The molecule has 0 radical (unpaired) electrons. The van der Waals surface area contributed by atoms with Crippen molar-refractivity contribution in [3.8, 4) is 5.69 Å². The van der Waals surface area contributed by atoms with Crippen LogP contribution in [0.2, 0.25) is 5.02 Å². The van der Waals surface area contributed by atoms with Crippen molar-refractivity contribution < 1.29 is 9.18 Å². The third-order valence-electron chi connectivity index (χ3n) is 3.88. The highest BCUT2D eigenvalue weighted by atomic mass is 79.9. The van der Waals surface area contributed by atoms with Crippen LogP contribution in [0.15, 0.2) is 48.5 Å². The zero-order valence-electron chi connectivity index (χ0n) is 13.5. The number of aryl methyl sites for hydroxylation is 1. The lowest BCUT2D eigenvalue weighted by atomic mass is 10.0. The molecule has 0 amide bonds. The van der Waals surface area contributed by atoms with Crippen LogP contribution in [0.5, 0.6) is 0 Å². The highest BCUT2D eigenvalue weighted by Crippen LogP contribution is 2.25. The number of ketones is 1. The Labute approximate surface area is 158 Å². The lowest BCUT2D eigenvalue weighted by molar-refractivity contribution is 0.103. The predicted molar refractivity (Wildman–Crippen MR) is 100 cm³/mol. The molecule has 0 atom stereocenters. The van der Waals surface area contributed by atoms with Gasteiger partial charge in [-0.25, -0.2) is 9.07 Å². The number of alkyl halides is 1. The van der Waals surface area contributed by atoms with E-state index in [1.165, 1.54) is 12.1 Å². The molecule has 0 saturated carbocycles. The van der Waals surface area contributed by atoms with E-state index >= 15 is 0 Å². The number of hydrogen-bond donors (Lipinski definition) is 0. The van der Waals surface area contributed by atoms with E-state index in [1.807, 2.05) is 13.0 Å². The van der Waals surface area contributed by atoms with Gasteiger partial charge >= 0.3 is 0 Å². The molecule has 128 valence electrons. The maximum Gasteiger partial charge on any atom is 0.198 e. The van der Waals surface area contributed by atoms with Crippen LogP contribution < -0.4 is 0 Å². The van der Waals surface area contributed by atoms with Crippen molar-refractivity contribution in [1.82, 2.24) is 9.78 Å². The lowest BCUT2D eigenvalue weighted by Crippen LogP contribution is -2.11. The molecule has 0 aliphatic carbocycles. The Morgan fingerprint density at radius 2 is 1.96 bits per heavy atom. The molecule has 0 bridgehead atoms. The summed E-state index contributed by atoms with van der Waals surface area (Å²) in [5, 5.41) is 5.54. The smallest absolute Gasteiger partial charge is 0.198 e. The standard InChI is InChI=1S/C19H15BrClFN2O/c1-2-13-10-14(11-20)24(23-13)18-8-7-12(21)9-16(18)19(25)15-5-3-4-6-17(15)22/h3-10H,2,11H2,1H3. The molecule has 0 spiro atoms. The molecule has 3 aromatic rings. The number of aromatic nitrogens is 2. The second kappa shape index (κ2) is 7.50. The quantitative estimate of drug-likeness (QED) is 0.411. The van der Waals surface area contributed by atoms with Crippen LogP contribution in [0.1, 0.15) is 34.2 Å². The minimum absolute atomic E-state index is 0.00859. The molecule has 25 heavy (non-hydrogen) atoms. The number of rotatable bonds is 5. The molecular weight excluding hydrogens is 407 g/mol. The molecule has 0 aliphatic heterocycles. The van der Waals surface area contributed by atoms with Crippen molar-refractivity contribution in [2.75, 3.05) is 0 Å². The fourth-order valence-corrected chi connectivity index (χ4v) is 3.19. The Morgan fingerprint density at radius 3 is 2.64 bits per heavy atom. The predicted octanol–water partition coefficient (Wildman–Crippen LogP) is 5.35. The van der Waals surface area contributed by atoms with Gasteiger partial charge in [-0.05, 0) is 42.8 Å². The number of nitrogens with zero attached hydrogens (tertiary/aromatic N) is 2. The van der Waals surface area contributed by atoms with E-state index in [-0.39, 0.29) is 5.56 Å². The Kier molecular flexibility index (Phi) is 5.35. The fraction of sp³-hybridized carbons (Fsp3) is 0.158. The van der Waals surface area contributed by atoms with E-state index < -0.39 is 11.6 Å². The third-order valence-corrected chi connectivity index (χ3v) is 4.69. The van der Waals surface area contributed by atoms with Crippen LogP contribution in [-0.2, 0) is 11.8 Å². The monoisotopic (exact) mass is 420 g/mol. The van der Waals surface area contributed by atoms with Crippen molar-refractivity contribution in [3.63, 3.8) is 0 Å². The van der Waals surface area contributed by atoms with Gasteiger partial charge in [0.05, 0.1) is 22.6 Å². The van der Waals surface area contributed by atoms with Crippen molar-refractivity contribution in [2.24, 2.45) is 0 Å². The normalized spacial score (nSPS) is 10.9. The minimum Gasteiger partial charge on any atom is -0.288 e. The molecule has 0 unspecified atom stereocenters. The maximum atomic E-state index is 14.1. The summed E-state index contributed by atoms with van der Waals surface area (Å²) in [5.41, 5.74) is 2.71. The SMILES string of the molecule is CCc1cc(CBr)n(-c2ccc(Cl)cc2C(=O)c2ccccc2F)n1. The maximum absolute atomic E-state index is 14.1. The molecule has 0 N–H and O–H groups in total. The molecule has 1 heterocycles. The van der Waals surface area contributed by atoms with Crippen LogP contribution in [0, 0.1) is 5.82 Å². The molecule has 0 aliphatic rings. The van der Waals surface area contributed by atoms with E-state index in [4.69, 9.17) is 11.6 Å². The first-order valence-corrected chi connectivity index (χ1v) is 9.28. The summed E-state index contributed by atoms with van der Waals surface area (Å²) in [6, 6.07) is 12.9. The summed E-state index contributed by atoms with van der Waals surface area (Å²) < 4.78 is 15.8. The number of benzene rings is 2. The fourth-order valence-electron chi connectivity index (χ4n) is 2.62. The molecule has 6 heteroatoms. The topological polar surface area (TPSA) is 34.9 Å². The lowest BCUT2D eigenvalue weighted by Gasteiger charge is -2.12. The summed E-state index contributed by atoms with van der Waals surface area (Å²) in [7, 11) is 0. The van der Waals surface area contributed by atoms with Gasteiger partial charge in [-0.1, -0.05) is 46.6 Å². The molecule has 0 fully saturated rings. The van der Waals surface area contributed by atoms with Crippen molar-refractivity contribution in [2.45, 2.75) is 18.7 Å². The van der Waals surface area contributed by atoms with Gasteiger partial charge in [-0.2, -0.15) is 5.10 Å². The first kappa shape index (κ1) is 17.8. The van der Waals surface area contributed by atoms with Gasteiger partial charge in [0.15, 0.2) is 5.78 Å². The number of carbonyl (C=O) groups is 1. The van der Waals surface area contributed by atoms with Crippen molar-refractivity contribution in [3.05, 3.63) is 81.9 Å². The van der Waals surface area contributed by atoms with E-state index in [9.17, 15) is 9.18 Å². The second-order valence-corrected chi connectivity index (χ2v) is 6.49. The molecule has 1 aromatic heterocycles. The summed E-state index contributed by atoms with van der Waals surface area (Å²) in [6.45, 7) is 2.01. The highest BCUT2D eigenvalue weighted by molar-refractivity contribution is 9.08. The zero-order chi connectivity index (χ0) is 18.0. The third kappa shape index (κ3) is 3.53. The second-order valence-electron chi connectivity index (χ2n) is 5.50. The van der Waals surface area contributed by atoms with Gasteiger partial charge in [0, 0.05) is 15.9 Å². The number of hydrogen-bond acceptors (Lipinski definition) is 2. The molecule has 3 nitrogen and oxygen atoms in total. The first-order chi connectivity index (χ1) is 12.0. The summed E-state index contributed by atoms with van der Waals surface area (Å²) in [4.78, 5) is 12.9. The molecule has 2 aromatic carbocycles. The molecule has 0 saturated heterocycles. The highest BCUT2D eigenvalue weighted by Gasteiger charge is 2.20. The minimum atomic E-state index is -0.561. The number of halogens is 3. The van der Waals surface area contributed by atoms with E-state index in [0.29, 0.717) is 21.6 Å². The van der Waals surface area contributed by atoms with Crippen molar-refractivity contribution >= 4 is 33.3 Å². The van der Waals surface area contributed by atoms with Crippen molar-refractivity contribution in [1.29, 1.82) is 0 Å². The van der Waals surface area contributed by atoms with Gasteiger partial charge in [0.2, 0.25) is 0 Å². The molecule has 3 rings (SSSR count). The zero-order valence-corrected chi connectivity index (χ0v) is 15.8. The van der Waals surface area contributed by atoms with E-state index in [1.54, 1.807) is 35.0 Å². The van der Waals surface area contributed by atoms with Gasteiger partial charge in [0.1, 0.15) is 5.82 Å². The average molecular weight is 422 g/mol. The Morgan fingerprint density at radius 1 is 1.20 bits per heavy atom. The van der Waals surface area contributed by atoms with Crippen LogP contribution in [-0.4, -0.2) is 15.6 Å². The Hall–Kier alpha value is -1.98. The largest absolute Gasteiger partial charge is 0.288 e. The summed E-state index contributed by atoms with van der Waals surface area (Å²) >= 11 is 9.55. The van der Waals surface area contributed by atoms with Gasteiger partial charge in [0.25, 0.3) is 0 Å². The van der Waals surface area contributed by atoms with Crippen LogP contribution in [0.3, 0.4) is 0 Å². The van der Waals surface area contributed by atoms with Crippen LogP contribution >= 0.6 is 27.5 Å². The van der Waals surface area contributed by atoms with Gasteiger partial charge in [-0.3, -0.25) is 4.79 Å². The number of carbonyl (C=O) groups excluding carboxylic acids is 1. The van der Waals surface area contributed by atoms with Gasteiger partial charge in [-0.15, -0.1) is 0 Å². The van der Waals surface area contributed by atoms with E-state index in [2.05, 4.69) is 21.0 Å². The average Bonchev–Trinajstić information content (AvgIpc) is 3.05. The Bertz CT molecular complexity index is 939. The first-order valence-electron chi connectivity index (χ1n) is 7.78. The summed E-state index contributed by atoms with van der Waals surface area (Å²) in [6.07, 6.45) is 0.775.